The third-order valence-electron chi connectivity index (χ3n) is 6.93. The number of hydrogen-bond acceptors (Lipinski definition) is 8. The van der Waals surface area contributed by atoms with Crippen molar-refractivity contribution in [2.45, 2.75) is 44.1 Å². The van der Waals surface area contributed by atoms with Gasteiger partial charge in [0.15, 0.2) is 0 Å². The number of ether oxygens (including phenoxy) is 2. The van der Waals surface area contributed by atoms with E-state index in [4.69, 9.17) is 15.2 Å². The second-order valence-corrected chi connectivity index (χ2v) is 9.32. The number of methoxy groups -OCH3 is 2. The summed E-state index contributed by atoms with van der Waals surface area (Å²) in [7, 11) is 2.39. The van der Waals surface area contributed by atoms with Gasteiger partial charge in [-0.2, -0.15) is 5.26 Å². The average Bonchev–Trinajstić information content (AvgIpc) is 2.97. The van der Waals surface area contributed by atoms with Crippen molar-refractivity contribution < 1.29 is 23.9 Å². The molecule has 1 atom stereocenters. The maximum Gasteiger partial charge on any atom is 0.355 e. The zero-order valence-corrected chi connectivity index (χ0v) is 21.9. The highest BCUT2D eigenvalue weighted by Crippen LogP contribution is 2.43. The molecule has 39 heavy (non-hydrogen) atoms. The summed E-state index contributed by atoms with van der Waals surface area (Å²) in [6, 6.07) is 17.3. The van der Waals surface area contributed by atoms with E-state index >= 15 is 0 Å². The van der Waals surface area contributed by atoms with Gasteiger partial charge in [0.25, 0.3) is 0 Å². The third-order valence-corrected chi connectivity index (χ3v) is 6.93. The molecule has 2 aromatic rings. The second-order valence-electron chi connectivity index (χ2n) is 9.32. The molecule has 4 rings (SSSR count). The van der Waals surface area contributed by atoms with E-state index in [2.05, 4.69) is 16.7 Å². The van der Waals surface area contributed by atoms with E-state index in [1.54, 1.807) is 54.6 Å². The molecule has 1 fully saturated rings. The summed E-state index contributed by atoms with van der Waals surface area (Å²) in [6.07, 6.45) is 5.31. The van der Waals surface area contributed by atoms with Gasteiger partial charge in [-0.3, -0.25) is 4.90 Å². The minimum Gasteiger partial charge on any atom is -0.466 e. The van der Waals surface area contributed by atoms with Crippen molar-refractivity contribution in [2.75, 3.05) is 24.4 Å². The molecule has 0 aromatic heterocycles. The number of nitrogens with zero attached hydrogens (tertiary/aromatic N) is 2. The van der Waals surface area contributed by atoms with Crippen molar-refractivity contribution in [2.24, 2.45) is 5.73 Å². The number of benzene rings is 2. The highest BCUT2D eigenvalue weighted by molar-refractivity contribution is 6.06. The molecule has 2 amide bonds. The fourth-order valence-corrected chi connectivity index (χ4v) is 5.07. The van der Waals surface area contributed by atoms with Gasteiger partial charge in [0, 0.05) is 17.4 Å². The van der Waals surface area contributed by atoms with E-state index in [1.165, 1.54) is 25.5 Å². The summed E-state index contributed by atoms with van der Waals surface area (Å²) < 4.78 is 10.1. The highest BCUT2D eigenvalue weighted by atomic mass is 16.5. The smallest absolute Gasteiger partial charge is 0.355 e. The first-order valence-corrected chi connectivity index (χ1v) is 12.7. The predicted molar refractivity (Wildman–Crippen MR) is 145 cm³/mol. The van der Waals surface area contributed by atoms with Crippen LogP contribution in [0.4, 0.5) is 16.2 Å². The molecule has 10 heteroatoms. The van der Waals surface area contributed by atoms with Crippen LogP contribution in [0.1, 0.15) is 43.6 Å². The average molecular weight is 530 g/mol. The first kappa shape index (κ1) is 27.3. The summed E-state index contributed by atoms with van der Waals surface area (Å²) in [6.45, 7) is 0. The standard InChI is InChI=1S/C29H31N5O5/c1-38-27(35)24-23(18-9-5-3-6-10-18)22(17-30)26(31)34(25(24)28(36)39-2)21-15-13-20(14-16-21)33-29(37)32-19-11-7-4-8-12-19/h3,5-6,9-10,13-16,19,23H,4,7-8,11-12,31H2,1-2H3,(H2,32,33,37). The number of hydrogen-bond donors (Lipinski definition) is 3. The Bertz CT molecular complexity index is 1340. The van der Waals surface area contributed by atoms with Crippen molar-refractivity contribution in [3.8, 4) is 6.07 Å². The number of carbonyl (C=O) groups is 3. The van der Waals surface area contributed by atoms with Crippen LogP contribution in [0.5, 0.6) is 0 Å². The van der Waals surface area contributed by atoms with Gasteiger partial charge in [-0.1, -0.05) is 49.6 Å². The van der Waals surface area contributed by atoms with Crippen LogP contribution in [0.25, 0.3) is 0 Å². The fraction of sp³-hybridized carbons (Fsp3) is 0.310. The van der Waals surface area contributed by atoms with E-state index in [1.807, 2.05) is 0 Å². The van der Waals surface area contributed by atoms with Gasteiger partial charge in [-0.15, -0.1) is 0 Å². The molecule has 1 unspecified atom stereocenters. The maximum absolute atomic E-state index is 13.1. The number of esters is 2. The van der Waals surface area contributed by atoms with Gasteiger partial charge in [0.05, 0.1) is 37.4 Å². The molecule has 1 saturated carbocycles. The van der Waals surface area contributed by atoms with E-state index in [0.717, 1.165) is 25.7 Å². The first-order chi connectivity index (χ1) is 18.9. The number of amides is 2. The number of nitrogens with one attached hydrogen (secondary N) is 2. The predicted octanol–water partition coefficient (Wildman–Crippen LogP) is 4.04. The number of urea groups is 1. The lowest BCUT2D eigenvalue weighted by Gasteiger charge is -2.35. The molecule has 2 aliphatic rings. The minimum absolute atomic E-state index is 0.0323. The minimum atomic E-state index is -0.946. The molecule has 1 aliphatic heterocycles. The van der Waals surface area contributed by atoms with Crippen molar-refractivity contribution in [3.63, 3.8) is 0 Å². The largest absolute Gasteiger partial charge is 0.466 e. The zero-order valence-electron chi connectivity index (χ0n) is 21.9. The topological polar surface area (TPSA) is 147 Å². The molecular formula is C29H31N5O5. The van der Waals surface area contributed by atoms with Gasteiger partial charge >= 0.3 is 18.0 Å². The van der Waals surface area contributed by atoms with Crippen molar-refractivity contribution >= 4 is 29.3 Å². The molecule has 10 nitrogen and oxygen atoms in total. The third kappa shape index (κ3) is 5.72. The van der Waals surface area contributed by atoms with E-state index in [9.17, 15) is 19.6 Å². The van der Waals surface area contributed by atoms with Crippen LogP contribution in [-0.4, -0.2) is 38.2 Å². The highest BCUT2D eigenvalue weighted by Gasteiger charge is 2.42. The maximum atomic E-state index is 13.1. The van der Waals surface area contributed by atoms with Crippen molar-refractivity contribution in [1.29, 1.82) is 5.26 Å². The fourth-order valence-electron chi connectivity index (χ4n) is 5.07. The molecular weight excluding hydrogens is 498 g/mol. The number of allylic oxidation sites excluding steroid dienone is 1. The van der Waals surface area contributed by atoms with Gasteiger partial charge < -0.3 is 25.8 Å². The van der Waals surface area contributed by atoms with Crippen LogP contribution in [-0.2, 0) is 19.1 Å². The summed E-state index contributed by atoms with van der Waals surface area (Å²) in [5.41, 5.74) is 7.84. The van der Waals surface area contributed by atoms with Gasteiger partial charge in [0.2, 0.25) is 0 Å². The lowest BCUT2D eigenvalue weighted by Crippen LogP contribution is -2.40. The molecule has 2 aromatic carbocycles. The Hall–Kier alpha value is -4.78. The van der Waals surface area contributed by atoms with Crippen LogP contribution in [0.3, 0.4) is 0 Å². The number of carbonyl (C=O) groups excluding carboxylic acids is 3. The summed E-state index contributed by atoms with van der Waals surface area (Å²) in [4.78, 5) is 40.1. The molecule has 0 radical (unpaired) electrons. The molecule has 1 heterocycles. The number of anilines is 2. The normalized spacial score (nSPS) is 17.8. The molecule has 0 spiro atoms. The zero-order chi connectivity index (χ0) is 27.9. The molecule has 202 valence electrons. The van der Waals surface area contributed by atoms with E-state index in [0.29, 0.717) is 16.9 Å². The van der Waals surface area contributed by atoms with Crippen LogP contribution >= 0.6 is 0 Å². The lowest BCUT2D eigenvalue weighted by atomic mass is 9.81. The Morgan fingerprint density at radius 2 is 1.59 bits per heavy atom. The monoisotopic (exact) mass is 529 g/mol. The molecule has 0 bridgehead atoms. The van der Waals surface area contributed by atoms with Gasteiger partial charge in [-0.05, 0) is 42.7 Å². The Balaban J connectivity index is 1.73. The molecule has 1 aliphatic carbocycles. The Morgan fingerprint density at radius 1 is 0.949 bits per heavy atom. The van der Waals surface area contributed by atoms with E-state index < -0.39 is 17.9 Å². The van der Waals surface area contributed by atoms with Gasteiger partial charge in [-0.25, -0.2) is 14.4 Å². The van der Waals surface area contributed by atoms with Crippen molar-refractivity contribution in [1.82, 2.24) is 5.32 Å². The van der Waals surface area contributed by atoms with Crippen LogP contribution in [0.2, 0.25) is 0 Å². The number of nitrogens with two attached hydrogens (primary N) is 1. The Morgan fingerprint density at radius 3 is 2.18 bits per heavy atom. The van der Waals surface area contributed by atoms with E-state index in [-0.39, 0.29) is 34.7 Å². The first-order valence-electron chi connectivity index (χ1n) is 12.7. The second kappa shape index (κ2) is 12.2. The van der Waals surface area contributed by atoms with Crippen LogP contribution in [0, 0.1) is 11.3 Å². The Kier molecular flexibility index (Phi) is 8.51. The summed E-state index contributed by atoms with van der Waals surface area (Å²) >= 11 is 0. The summed E-state index contributed by atoms with van der Waals surface area (Å²) in [5, 5.41) is 15.9. The number of rotatable bonds is 6. The molecule has 0 saturated heterocycles. The summed E-state index contributed by atoms with van der Waals surface area (Å²) in [5.74, 6) is -2.61. The SMILES string of the molecule is COC(=O)C1=C(C(=O)OC)N(c2ccc(NC(=O)NC3CCCCC3)cc2)C(N)=C(C#N)C1c1ccccc1. The lowest BCUT2D eigenvalue weighted by molar-refractivity contribution is -0.139. The van der Waals surface area contributed by atoms with Gasteiger partial charge in [0.1, 0.15) is 11.5 Å². The Labute approximate surface area is 227 Å². The number of nitriles is 1. The molecule has 4 N–H and O–H groups in total. The van der Waals surface area contributed by atoms with Crippen LogP contribution in [0.15, 0.2) is 77.3 Å². The van der Waals surface area contributed by atoms with Crippen LogP contribution < -0.4 is 21.3 Å². The quantitative estimate of drug-likeness (QED) is 0.475. The van der Waals surface area contributed by atoms with Crippen molar-refractivity contribution in [3.05, 3.63) is 82.8 Å².